The molecule has 0 aliphatic carbocycles. The predicted octanol–water partition coefficient (Wildman–Crippen LogP) is 2.11. The molecular weight excluding hydrogens is 242 g/mol. The van der Waals surface area contributed by atoms with Gasteiger partial charge in [-0.25, -0.2) is 4.79 Å². The third-order valence-corrected chi connectivity index (χ3v) is 2.82. The zero-order valence-electron chi connectivity index (χ0n) is 10.4. The molecule has 1 aromatic heterocycles. The van der Waals surface area contributed by atoms with Crippen LogP contribution in [-0.4, -0.2) is 28.8 Å². The summed E-state index contributed by atoms with van der Waals surface area (Å²) in [6.45, 7) is 7.56. The minimum Gasteiger partial charge on any atom is -0.464 e. The van der Waals surface area contributed by atoms with Gasteiger partial charge in [-0.05, 0) is 38.8 Å². The zero-order chi connectivity index (χ0) is 13.0. The normalized spacial score (nSPS) is 12.1. The number of hydrogen-bond acceptors (Lipinski definition) is 5. The molecule has 0 fully saturated rings. The van der Waals surface area contributed by atoms with Gasteiger partial charge in [-0.1, -0.05) is 11.6 Å². The molecule has 0 spiro atoms. The molecule has 0 saturated heterocycles. The van der Waals surface area contributed by atoms with E-state index in [-0.39, 0.29) is 5.97 Å². The van der Waals surface area contributed by atoms with Crippen LogP contribution in [-0.2, 0) is 9.53 Å². The van der Waals surface area contributed by atoms with Gasteiger partial charge in [-0.2, -0.15) is 0 Å². The highest BCUT2D eigenvalue weighted by atomic mass is 35.5. The summed E-state index contributed by atoms with van der Waals surface area (Å²) in [5.41, 5.74) is 1.72. The molecule has 0 aliphatic heterocycles. The van der Waals surface area contributed by atoms with E-state index in [9.17, 15) is 4.79 Å². The van der Waals surface area contributed by atoms with Crippen molar-refractivity contribution in [2.75, 3.05) is 11.9 Å². The molecule has 5 nitrogen and oxygen atoms in total. The molecule has 1 N–H and O–H groups in total. The largest absolute Gasteiger partial charge is 0.464 e. The van der Waals surface area contributed by atoms with Gasteiger partial charge >= 0.3 is 5.97 Å². The first-order valence-corrected chi connectivity index (χ1v) is 5.77. The number of nitrogens with one attached hydrogen (secondary N) is 1. The third-order valence-electron chi connectivity index (χ3n) is 2.46. The topological polar surface area (TPSA) is 64.1 Å². The molecule has 0 radical (unpaired) electrons. The summed E-state index contributed by atoms with van der Waals surface area (Å²) in [4.78, 5) is 11.5. The number of ether oxygens (including phenoxy) is 1. The van der Waals surface area contributed by atoms with Crippen molar-refractivity contribution < 1.29 is 9.53 Å². The maximum Gasteiger partial charge on any atom is 0.328 e. The maximum atomic E-state index is 11.5. The van der Waals surface area contributed by atoms with Gasteiger partial charge in [0.1, 0.15) is 6.04 Å². The Morgan fingerprint density at radius 3 is 2.65 bits per heavy atom. The number of carbonyl (C=O) groups excluding carboxylic acids is 1. The number of hydrogen-bond donors (Lipinski definition) is 1. The van der Waals surface area contributed by atoms with Crippen LogP contribution < -0.4 is 5.32 Å². The Labute approximate surface area is 106 Å². The number of nitrogens with zero attached hydrogens (tertiary/aromatic N) is 2. The molecule has 1 aromatic rings. The fourth-order valence-corrected chi connectivity index (χ4v) is 1.42. The Hall–Kier alpha value is -1.36. The van der Waals surface area contributed by atoms with Crippen LogP contribution in [0.25, 0.3) is 0 Å². The standard InChI is InChI=1S/C11H16ClN3O2/c1-5-17-11(16)8(4)13-10-7(3)6(2)9(12)14-15-10/h8H,5H2,1-4H3,(H,13,15). The van der Waals surface area contributed by atoms with Gasteiger partial charge < -0.3 is 10.1 Å². The Morgan fingerprint density at radius 1 is 1.41 bits per heavy atom. The number of aromatic nitrogens is 2. The quantitative estimate of drug-likeness (QED) is 0.837. The van der Waals surface area contributed by atoms with Crippen LogP contribution in [0.5, 0.6) is 0 Å². The first-order valence-electron chi connectivity index (χ1n) is 5.39. The van der Waals surface area contributed by atoms with Crippen molar-refractivity contribution in [3.8, 4) is 0 Å². The lowest BCUT2D eigenvalue weighted by atomic mass is 10.2. The van der Waals surface area contributed by atoms with Crippen molar-refractivity contribution >= 4 is 23.4 Å². The summed E-state index contributed by atoms with van der Waals surface area (Å²) in [5, 5.41) is 11.0. The van der Waals surface area contributed by atoms with E-state index >= 15 is 0 Å². The molecule has 0 aliphatic rings. The minimum atomic E-state index is -0.469. The van der Waals surface area contributed by atoms with Crippen molar-refractivity contribution in [2.45, 2.75) is 33.7 Å². The molecule has 1 unspecified atom stereocenters. The smallest absolute Gasteiger partial charge is 0.328 e. The van der Waals surface area contributed by atoms with Crippen molar-refractivity contribution in [1.82, 2.24) is 10.2 Å². The summed E-state index contributed by atoms with van der Waals surface area (Å²) in [6.07, 6.45) is 0. The average molecular weight is 258 g/mol. The minimum absolute atomic E-state index is 0.318. The van der Waals surface area contributed by atoms with E-state index in [2.05, 4.69) is 15.5 Å². The lowest BCUT2D eigenvalue weighted by Gasteiger charge is -2.15. The van der Waals surface area contributed by atoms with E-state index in [1.54, 1.807) is 13.8 Å². The van der Waals surface area contributed by atoms with Gasteiger partial charge in [-0.3, -0.25) is 0 Å². The molecule has 6 heteroatoms. The molecule has 0 saturated carbocycles. The van der Waals surface area contributed by atoms with Crippen molar-refractivity contribution in [1.29, 1.82) is 0 Å². The van der Waals surface area contributed by atoms with Crippen LogP contribution in [0.1, 0.15) is 25.0 Å². The summed E-state index contributed by atoms with van der Waals surface area (Å²) in [6, 6.07) is -0.469. The van der Waals surface area contributed by atoms with Crippen LogP contribution in [0, 0.1) is 13.8 Å². The van der Waals surface area contributed by atoms with E-state index in [1.807, 2.05) is 13.8 Å². The van der Waals surface area contributed by atoms with E-state index in [1.165, 1.54) is 0 Å². The molecular formula is C11H16ClN3O2. The van der Waals surface area contributed by atoms with Gasteiger partial charge in [0, 0.05) is 0 Å². The second kappa shape index (κ2) is 5.82. The number of rotatable bonds is 4. The fourth-order valence-electron chi connectivity index (χ4n) is 1.24. The monoisotopic (exact) mass is 257 g/mol. The van der Waals surface area contributed by atoms with Crippen molar-refractivity contribution in [2.24, 2.45) is 0 Å². The molecule has 0 aromatic carbocycles. The summed E-state index contributed by atoms with van der Waals surface area (Å²) in [5.74, 6) is 0.230. The Morgan fingerprint density at radius 2 is 2.06 bits per heavy atom. The average Bonchev–Trinajstić information content (AvgIpc) is 2.30. The van der Waals surface area contributed by atoms with E-state index in [4.69, 9.17) is 16.3 Å². The van der Waals surface area contributed by atoms with Crippen molar-refractivity contribution in [3.63, 3.8) is 0 Å². The van der Waals surface area contributed by atoms with E-state index < -0.39 is 6.04 Å². The molecule has 0 amide bonds. The summed E-state index contributed by atoms with van der Waals surface area (Å²) in [7, 11) is 0. The van der Waals surface area contributed by atoms with Crippen molar-refractivity contribution in [3.05, 3.63) is 16.3 Å². The number of esters is 1. The second-order valence-electron chi connectivity index (χ2n) is 3.71. The molecule has 1 heterocycles. The SMILES string of the molecule is CCOC(=O)C(C)Nc1nnc(Cl)c(C)c1C. The second-order valence-corrected chi connectivity index (χ2v) is 4.07. The highest BCUT2D eigenvalue weighted by Gasteiger charge is 2.16. The lowest BCUT2D eigenvalue weighted by Crippen LogP contribution is -2.29. The predicted molar refractivity (Wildman–Crippen MR) is 66.2 cm³/mol. The zero-order valence-corrected chi connectivity index (χ0v) is 11.1. The van der Waals surface area contributed by atoms with Gasteiger partial charge in [-0.15, -0.1) is 10.2 Å². The van der Waals surface area contributed by atoms with Gasteiger partial charge in [0.2, 0.25) is 0 Å². The highest BCUT2D eigenvalue weighted by Crippen LogP contribution is 2.21. The van der Waals surface area contributed by atoms with Crippen LogP contribution in [0.4, 0.5) is 5.82 Å². The van der Waals surface area contributed by atoms with Gasteiger partial charge in [0.25, 0.3) is 0 Å². The van der Waals surface area contributed by atoms with Crippen LogP contribution in [0.15, 0.2) is 0 Å². The highest BCUT2D eigenvalue weighted by molar-refractivity contribution is 6.30. The number of anilines is 1. The Kier molecular flexibility index (Phi) is 4.69. The number of carbonyl (C=O) groups is 1. The van der Waals surface area contributed by atoms with Gasteiger partial charge in [0.15, 0.2) is 11.0 Å². The lowest BCUT2D eigenvalue weighted by molar-refractivity contribution is -0.143. The third kappa shape index (κ3) is 3.30. The maximum absolute atomic E-state index is 11.5. The number of halogens is 1. The first-order chi connectivity index (χ1) is 7.97. The molecule has 1 atom stereocenters. The van der Waals surface area contributed by atoms with Crippen LogP contribution >= 0.6 is 11.6 Å². The van der Waals surface area contributed by atoms with E-state index in [0.717, 1.165) is 11.1 Å². The molecule has 1 rings (SSSR count). The Bertz CT molecular complexity index is 423. The van der Waals surface area contributed by atoms with Crippen LogP contribution in [0.3, 0.4) is 0 Å². The first kappa shape index (κ1) is 13.7. The van der Waals surface area contributed by atoms with Gasteiger partial charge in [0.05, 0.1) is 6.61 Å². The molecule has 0 bridgehead atoms. The fraction of sp³-hybridized carbons (Fsp3) is 0.545. The van der Waals surface area contributed by atoms with Crippen LogP contribution in [0.2, 0.25) is 5.15 Å². The molecule has 17 heavy (non-hydrogen) atoms. The summed E-state index contributed by atoms with van der Waals surface area (Å²) < 4.78 is 4.89. The molecule has 94 valence electrons. The summed E-state index contributed by atoms with van der Waals surface area (Å²) >= 11 is 5.84. The van der Waals surface area contributed by atoms with E-state index in [0.29, 0.717) is 17.6 Å². The Balaban J connectivity index is 2.82.